The summed E-state index contributed by atoms with van der Waals surface area (Å²) in [5, 5.41) is 6.08. The molecule has 2 aromatic rings. The van der Waals surface area contributed by atoms with Crippen LogP contribution in [0.1, 0.15) is 18.5 Å². The van der Waals surface area contributed by atoms with Crippen LogP contribution in [0.2, 0.25) is 5.02 Å². The molecule has 4 rings (SSSR count). The van der Waals surface area contributed by atoms with Gasteiger partial charge in [0.15, 0.2) is 0 Å². The molecule has 1 atom stereocenters. The van der Waals surface area contributed by atoms with Gasteiger partial charge in [0.1, 0.15) is 5.82 Å². The number of ether oxygens (including phenoxy) is 1. The molecule has 7 nitrogen and oxygen atoms in total. The third-order valence-corrected chi connectivity index (χ3v) is 6.16. The second-order valence-corrected chi connectivity index (χ2v) is 8.31. The van der Waals surface area contributed by atoms with Gasteiger partial charge in [-0.1, -0.05) is 29.8 Å². The second-order valence-electron chi connectivity index (χ2n) is 7.91. The molecular formula is C24H26ClFN4O3. The highest BCUT2D eigenvalue weighted by molar-refractivity contribution is 6.31. The number of hydrogen-bond acceptors (Lipinski definition) is 5. The number of nitrogens with zero attached hydrogens (tertiary/aromatic N) is 2. The molecule has 0 unspecified atom stereocenters. The van der Waals surface area contributed by atoms with E-state index in [-0.39, 0.29) is 12.4 Å². The topological polar surface area (TPSA) is 73.9 Å². The normalized spacial score (nSPS) is 19.2. The number of rotatable bonds is 6. The van der Waals surface area contributed by atoms with Crippen molar-refractivity contribution >= 4 is 29.3 Å². The van der Waals surface area contributed by atoms with Crippen molar-refractivity contribution in [1.82, 2.24) is 15.5 Å². The van der Waals surface area contributed by atoms with Crippen LogP contribution in [-0.2, 0) is 9.53 Å². The lowest BCUT2D eigenvalue weighted by Gasteiger charge is -2.38. The van der Waals surface area contributed by atoms with Crippen LogP contribution in [0, 0.1) is 5.82 Å². The van der Waals surface area contributed by atoms with Crippen LogP contribution < -0.4 is 15.5 Å². The van der Waals surface area contributed by atoms with Gasteiger partial charge in [-0.3, -0.25) is 4.90 Å². The lowest BCUT2D eigenvalue weighted by Crippen LogP contribution is -2.51. The zero-order chi connectivity index (χ0) is 23.4. The molecule has 33 heavy (non-hydrogen) atoms. The molecule has 2 heterocycles. The summed E-state index contributed by atoms with van der Waals surface area (Å²) in [6, 6.07) is 12.5. The Morgan fingerprint density at radius 2 is 1.82 bits per heavy atom. The van der Waals surface area contributed by atoms with Crippen LogP contribution in [0.3, 0.4) is 0 Å². The maximum atomic E-state index is 13.2. The maximum Gasteiger partial charge on any atom is 0.338 e. The Bertz CT molecular complexity index is 1050. The second kappa shape index (κ2) is 10.2. The van der Waals surface area contributed by atoms with E-state index < -0.39 is 18.0 Å². The number of piperazine rings is 1. The van der Waals surface area contributed by atoms with Gasteiger partial charge in [-0.05, 0) is 42.8 Å². The number of nitrogens with one attached hydrogen (secondary N) is 2. The number of carbonyl (C=O) groups excluding carboxylic acids is 2. The van der Waals surface area contributed by atoms with E-state index in [1.165, 1.54) is 12.1 Å². The molecule has 1 saturated heterocycles. The first-order valence-corrected chi connectivity index (χ1v) is 11.3. The van der Waals surface area contributed by atoms with E-state index in [0.717, 1.165) is 31.9 Å². The van der Waals surface area contributed by atoms with Gasteiger partial charge in [-0.15, -0.1) is 0 Å². The molecule has 1 fully saturated rings. The van der Waals surface area contributed by atoms with E-state index in [1.807, 2.05) is 6.07 Å². The Morgan fingerprint density at radius 3 is 2.48 bits per heavy atom. The maximum absolute atomic E-state index is 13.2. The number of esters is 1. The highest BCUT2D eigenvalue weighted by Gasteiger charge is 2.35. The number of halogens is 2. The highest BCUT2D eigenvalue weighted by atomic mass is 35.5. The summed E-state index contributed by atoms with van der Waals surface area (Å²) in [4.78, 5) is 29.8. The monoisotopic (exact) mass is 472 g/mol. The van der Waals surface area contributed by atoms with Gasteiger partial charge in [0.2, 0.25) is 0 Å². The van der Waals surface area contributed by atoms with Crippen LogP contribution in [-0.4, -0.2) is 56.2 Å². The number of amides is 2. The third-order valence-electron chi connectivity index (χ3n) is 5.81. The molecule has 174 valence electrons. The predicted octanol–water partition coefficient (Wildman–Crippen LogP) is 3.47. The molecule has 0 aliphatic carbocycles. The van der Waals surface area contributed by atoms with Crippen molar-refractivity contribution < 1.29 is 18.7 Å². The zero-order valence-electron chi connectivity index (χ0n) is 18.3. The molecule has 2 N–H and O–H groups in total. The Labute approximate surface area is 197 Å². The van der Waals surface area contributed by atoms with Gasteiger partial charge >= 0.3 is 12.0 Å². The first kappa shape index (κ1) is 23.1. The van der Waals surface area contributed by atoms with Crippen LogP contribution in [0.5, 0.6) is 0 Å². The summed E-state index contributed by atoms with van der Waals surface area (Å²) in [6.45, 7) is 5.27. The zero-order valence-corrected chi connectivity index (χ0v) is 19.1. The Kier molecular flexibility index (Phi) is 7.15. The minimum absolute atomic E-state index is 0.217. The number of hydrogen-bond donors (Lipinski definition) is 2. The quantitative estimate of drug-likeness (QED) is 0.630. The Morgan fingerprint density at radius 1 is 1.12 bits per heavy atom. The van der Waals surface area contributed by atoms with E-state index in [9.17, 15) is 14.0 Å². The molecule has 0 radical (unpaired) electrons. The van der Waals surface area contributed by atoms with Gasteiger partial charge < -0.3 is 20.3 Å². The molecular weight excluding hydrogens is 447 g/mol. The lowest BCUT2D eigenvalue weighted by molar-refractivity contribution is -0.139. The minimum atomic E-state index is -0.706. The summed E-state index contributed by atoms with van der Waals surface area (Å²) in [6.07, 6.45) is 0. The van der Waals surface area contributed by atoms with Crippen molar-refractivity contribution in [2.45, 2.75) is 13.0 Å². The van der Waals surface area contributed by atoms with E-state index in [1.54, 1.807) is 37.3 Å². The largest absolute Gasteiger partial charge is 0.463 e. The molecule has 0 spiro atoms. The van der Waals surface area contributed by atoms with E-state index in [2.05, 4.69) is 20.4 Å². The molecule has 9 heteroatoms. The van der Waals surface area contributed by atoms with Crippen molar-refractivity contribution in [1.29, 1.82) is 0 Å². The third kappa shape index (κ3) is 5.29. The minimum Gasteiger partial charge on any atom is -0.463 e. The lowest BCUT2D eigenvalue weighted by atomic mass is 9.94. The van der Waals surface area contributed by atoms with Gasteiger partial charge in [-0.2, -0.15) is 0 Å². The van der Waals surface area contributed by atoms with Crippen LogP contribution in [0.4, 0.5) is 14.9 Å². The van der Waals surface area contributed by atoms with Crippen molar-refractivity contribution in [3.05, 3.63) is 76.2 Å². The van der Waals surface area contributed by atoms with Gasteiger partial charge in [-0.25, -0.2) is 14.0 Å². The molecule has 2 aliphatic rings. The number of carbonyl (C=O) groups is 2. The fourth-order valence-corrected chi connectivity index (χ4v) is 4.42. The first-order chi connectivity index (χ1) is 16.0. The van der Waals surface area contributed by atoms with E-state index >= 15 is 0 Å². The fourth-order valence-electron chi connectivity index (χ4n) is 4.17. The van der Waals surface area contributed by atoms with Crippen molar-refractivity contribution in [3.8, 4) is 0 Å². The summed E-state index contributed by atoms with van der Waals surface area (Å²) >= 11 is 6.39. The Hall–Kier alpha value is -3.10. The number of urea groups is 1. The molecule has 2 aromatic carbocycles. The van der Waals surface area contributed by atoms with Crippen molar-refractivity contribution in [2.75, 3.05) is 44.2 Å². The summed E-state index contributed by atoms with van der Waals surface area (Å²) in [5.41, 5.74) is 2.47. The van der Waals surface area contributed by atoms with Gasteiger partial charge in [0, 0.05) is 49.1 Å². The summed E-state index contributed by atoms with van der Waals surface area (Å²) < 4.78 is 18.6. The van der Waals surface area contributed by atoms with Crippen molar-refractivity contribution in [2.24, 2.45) is 0 Å². The van der Waals surface area contributed by atoms with Crippen molar-refractivity contribution in [3.63, 3.8) is 0 Å². The first-order valence-electron chi connectivity index (χ1n) is 10.9. The molecule has 2 amide bonds. The van der Waals surface area contributed by atoms with Crippen LogP contribution in [0.15, 0.2) is 59.8 Å². The molecule has 0 bridgehead atoms. The number of benzene rings is 2. The van der Waals surface area contributed by atoms with Gasteiger partial charge in [0.05, 0.1) is 18.2 Å². The average molecular weight is 473 g/mol. The fraction of sp³-hybridized carbons (Fsp3) is 0.333. The highest BCUT2D eigenvalue weighted by Crippen LogP contribution is 2.32. The molecule has 0 aromatic heterocycles. The molecule has 0 saturated carbocycles. The summed E-state index contributed by atoms with van der Waals surface area (Å²) in [7, 11) is 0. The summed E-state index contributed by atoms with van der Waals surface area (Å²) in [5.74, 6) is -0.750. The standard InChI is InChI=1S/C24H26ClFN4O3/c1-2-33-23(31)21-20(27-24(32)28-22(21)18-5-3-4-6-19(18)25)15-29-11-13-30(14-12-29)17-9-7-16(26)8-10-17/h3-10,22H,2,11-15H2,1H3,(H2,27,28,32)/t22-/m0/s1. The average Bonchev–Trinajstić information content (AvgIpc) is 2.80. The Balaban J connectivity index is 1.56. The van der Waals surface area contributed by atoms with Crippen LogP contribution >= 0.6 is 11.6 Å². The number of anilines is 1. The van der Waals surface area contributed by atoms with Crippen LogP contribution in [0.25, 0.3) is 0 Å². The van der Waals surface area contributed by atoms with E-state index in [4.69, 9.17) is 16.3 Å². The smallest absolute Gasteiger partial charge is 0.338 e. The van der Waals surface area contributed by atoms with Gasteiger partial charge in [0.25, 0.3) is 0 Å². The van der Waals surface area contributed by atoms with E-state index in [0.29, 0.717) is 28.4 Å². The predicted molar refractivity (Wildman–Crippen MR) is 125 cm³/mol. The molecule has 2 aliphatic heterocycles. The SMILES string of the molecule is CCOC(=O)C1=C(CN2CCN(c3ccc(F)cc3)CC2)NC(=O)N[C@H]1c1ccccc1Cl.